The van der Waals surface area contributed by atoms with E-state index in [2.05, 4.69) is 16.9 Å². The minimum atomic E-state index is 0.675. The van der Waals surface area contributed by atoms with Crippen molar-refractivity contribution < 1.29 is 9.47 Å². The third kappa shape index (κ3) is 1.78. The monoisotopic (exact) mass is 218 g/mol. The number of aryl methyl sites for hydroxylation is 1. The standard InChI is InChI=1S/C12H14N2O2/c1-4-8-7-13-9-5-11(15-2)12(16-3)6-10(9)14-8/h5-7H,4H2,1-3H3. The van der Waals surface area contributed by atoms with E-state index in [9.17, 15) is 0 Å². The molecule has 4 heteroatoms. The molecule has 0 radical (unpaired) electrons. The van der Waals surface area contributed by atoms with Crippen molar-refractivity contribution in [3.8, 4) is 11.5 Å². The predicted octanol–water partition coefficient (Wildman–Crippen LogP) is 2.21. The van der Waals surface area contributed by atoms with Gasteiger partial charge in [0.05, 0.1) is 30.9 Å². The summed E-state index contributed by atoms with van der Waals surface area (Å²) in [6.07, 6.45) is 2.66. The quantitative estimate of drug-likeness (QED) is 0.792. The molecule has 16 heavy (non-hydrogen) atoms. The lowest BCUT2D eigenvalue weighted by molar-refractivity contribution is 0.355. The largest absolute Gasteiger partial charge is 0.493 e. The van der Waals surface area contributed by atoms with Gasteiger partial charge in [-0.05, 0) is 6.42 Å². The molecule has 0 N–H and O–H groups in total. The second-order valence-corrected chi connectivity index (χ2v) is 3.41. The van der Waals surface area contributed by atoms with E-state index in [-0.39, 0.29) is 0 Å². The summed E-state index contributed by atoms with van der Waals surface area (Å²) >= 11 is 0. The molecule has 0 bridgehead atoms. The summed E-state index contributed by atoms with van der Waals surface area (Å²) in [6, 6.07) is 3.68. The Balaban J connectivity index is 2.63. The van der Waals surface area contributed by atoms with Crippen LogP contribution in [-0.4, -0.2) is 24.2 Å². The molecule has 0 aliphatic rings. The molecule has 84 valence electrons. The van der Waals surface area contributed by atoms with E-state index in [0.29, 0.717) is 11.5 Å². The zero-order chi connectivity index (χ0) is 11.5. The molecule has 0 spiro atoms. The molecule has 1 aromatic heterocycles. The number of hydrogen-bond acceptors (Lipinski definition) is 4. The zero-order valence-electron chi connectivity index (χ0n) is 9.65. The maximum absolute atomic E-state index is 5.23. The molecule has 0 saturated heterocycles. The fourth-order valence-electron chi connectivity index (χ4n) is 1.55. The first kappa shape index (κ1) is 10.7. The molecule has 0 amide bonds. The van der Waals surface area contributed by atoms with Crippen molar-refractivity contribution in [2.75, 3.05) is 14.2 Å². The number of methoxy groups -OCH3 is 2. The first-order valence-corrected chi connectivity index (χ1v) is 5.16. The predicted molar refractivity (Wildman–Crippen MR) is 62.0 cm³/mol. The van der Waals surface area contributed by atoms with Gasteiger partial charge in [0.1, 0.15) is 0 Å². The average molecular weight is 218 g/mol. The minimum absolute atomic E-state index is 0.675. The number of nitrogens with zero attached hydrogens (tertiary/aromatic N) is 2. The number of benzene rings is 1. The minimum Gasteiger partial charge on any atom is -0.493 e. The summed E-state index contributed by atoms with van der Waals surface area (Å²) in [5.74, 6) is 1.35. The lowest BCUT2D eigenvalue weighted by Crippen LogP contribution is -1.95. The maximum Gasteiger partial charge on any atom is 0.163 e. The van der Waals surface area contributed by atoms with E-state index in [1.54, 1.807) is 20.4 Å². The Labute approximate surface area is 94.2 Å². The summed E-state index contributed by atoms with van der Waals surface area (Å²) < 4.78 is 10.4. The van der Waals surface area contributed by atoms with Gasteiger partial charge in [0.25, 0.3) is 0 Å². The van der Waals surface area contributed by atoms with Gasteiger partial charge < -0.3 is 9.47 Å². The van der Waals surface area contributed by atoms with Crippen LogP contribution in [0.15, 0.2) is 18.3 Å². The topological polar surface area (TPSA) is 44.2 Å². The van der Waals surface area contributed by atoms with Crippen LogP contribution < -0.4 is 9.47 Å². The Hall–Kier alpha value is -1.84. The van der Waals surface area contributed by atoms with Crippen LogP contribution in [0.2, 0.25) is 0 Å². The fourth-order valence-corrected chi connectivity index (χ4v) is 1.55. The number of ether oxygens (including phenoxy) is 2. The van der Waals surface area contributed by atoms with Crippen molar-refractivity contribution >= 4 is 11.0 Å². The Kier molecular flexibility index (Phi) is 2.90. The highest BCUT2D eigenvalue weighted by Gasteiger charge is 2.07. The number of rotatable bonds is 3. The third-order valence-corrected chi connectivity index (χ3v) is 2.46. The second kappa shape index (κ2) is 4.35. The van der Waals surface area contributed by atoms with Gasteiger partial charge >= 0.3 is 0 Å². The highest BCUT2D eigenvalue weighted by molar-refractivity contribution is 5.78. The van der Waals surface area contributed by atoms with Crippen LogP contribution in [0.4, 0.5) is 0 Å². The first-order valence-electron chi connectivity index (χ1n) is 5.16. The smallest absolute Gasteiger partial charge is 0.163 e. The molecule has 0 aliphatic heterocycles. The summed E-state index contributed by atoms with van der Waals surface area (Å²) in [6.45, 7) is 2.05. The van der Waals surface area contributed by atoms with Gasteiger partial charge in [0, 0.05) is 18.3 Å². The Morgan fingerprint density at radius 3 is 2.25 bits per heavy atom. The fraction of sp³-hybridized carbons (Fsp3) is 0.333. The molecular formula is C12H14N2O2. The van der Waals surface area contributed by atoms with E-state index in [1.807, 2.05) is 12.1 Å². The molecule has 0 saturated carbocycles. The second-order valence-electron chi connectivity index (χ2n) is 3.41. The van der Waals surface area contributed by atoms with Gasteiger partial charge in [-0.2, -0.15) is 0 Å². The number of aromatic nitrogens is 2. The molecule has 0 fully saturated rings. The SMILES string of the molecule is CCc1cnc2cc(OC)c(OC)cc2n1. The van der Waals surface area contributed by atoms with Crippen LogP contribution in [0.1, 0.15) is 12.6 Å². The van der Waals surface area contributed by atoms with Crippen molar-refractivity contribution in [2.24, 2.45) is 0 Å². The Morgan fingerprint density at radius 1 is 1.06 bits per heavy atom. The normalized spacial score (nSPS) is 10.4. The summed E-state index contributed by atoms with van der Waals surface area (Å²) in [5.41, 5.74) is 2.62. The van der Waals surface area contributed by atoms with Gasteiger partial charge in [0.2, 0.25) is 0 Å². The summed E-state index contributed by atoms with van der Waals surface area (Å²) in [7, 11) is 3.22. The van der Waals surface area contributed by atoms with Gasteiger partial charge in [-0.3, -0.25) is 4.98 Å². The van der Waals surface area contributed by atoms with Crippen molar-refractivity contribution in [1.29, 1.82) is 0 Å². The van der Waals surface area contributed by atoms with Crippen molar-refractivity contribution in [1.82, 2.24) is 9.97 Å². The van der Waals surface area contributed by atoms with Crippen LogP contribution in [0.5, 0.6) is 11.5 Å². The van der Waals surface area contributed by atoms with Gasteiger partial charge in [-0.25, -0.2) is 4.98 Å². The summed E-state index contributed by atoms with van der Waals surface area (Å²) in [5, 5.41) is 0. The van der Waals surface area contributed by atoms with Crippen LogP contribution in [-0.2, 0) is 6.42 Å². The lowest BCUT2D eigenvalue weighted by Gasteiger charge is -2.08. The van der Waals surface area contributed by atoms with E-state index >= 15 is 0 Å². The van der Waals surface area contributed by atoms with Gasteiger partial charge in [-0.1, -0.05) is 6.92 Å². The van der Waals surface area contributed by atoms with E-state index in [4.69, 9.17) is 9.47 Å². The molecule has 0 aliphatic carbocycles. The van der Waals surface area contributed by atoms with Crippen LogP contribution in [0, 0.1) is 0 Å². The highest BCUT2D eigenvalue weighted by atomic mass is 16.5. The number of fused-ring (bicyclic) bond motifs is 1. The Bertz CT molecular complexity index is 512. The van der Waals surface area contributed by atoms with Gasteiger partial charge in [-0.15, -0.1) is 0 Å². The molecule has 4 nitrogen and oxygen atoms in total. The van der Waals surface area contributed by atoms with E-state index in [1.165, 1.54) is 0 Å². The van der Waals surface area contributed by atoms with E-state index < -0.39 is 0 Å². The third-order valence-electron chi connectivity index (χ3n) is 2.46. The van der Waals surface area contributed by atoms with E-state index in [0.717, 1.165) is 23.1 Å². The van der Waals surface area contributed by atoms with Crippen LogP contribution in [0.3, 0.4) is 0 Å². The number of hydrogen-bond donors (Lipinski definition) is 0. The van der Waals surface area contributed by atoms with Crippen LogP contribution in [0.25, 0.3) is 11.0 Å². The Morgan fingerprint density at radius 2 is 1.69 bits per heavy atom. The molecule has 1 aromatic carbocycles. The van der Waals surface area contributed by atoms with Gasteiger partial charge in [0.15, 0.2) is 11.5 Å². The van der Waals surface area contributed by atoms with Crippen LogP contribution >= 0.6 is 0 Å². The first-order chi connectivity index (χ1) is 7.78. The summed E-state index contributed by atoms with van der Waals surface area (Å²) in [4.78, 5) is 8.82. The maximum atomic E-state index is 5.23. The lowest BCUT2D eigenvalue weighted by atomic mass is 10.2. The highest BCUT2D eigenvalue weighted by Crippen LogP contribution is 2.30. The van der Waals surface area contributed by atoms with Crippen molar-refractivity contribution in [3.63, 3.8) is 0 Å². The molecule has 1 heterocycles. The molecule has 0 atom stereocenters. The molecule has 2 rings (SSSR count). The zero-order valence-corrected chi connectivity index (χ0v) is 9.65. The molecule has 0 unspecified atom stereocenters. The molecule has 2 aromatic rings. The molecular weight excluding hydrogens is 204 g/mol. The average Bonchev–Trinajstić information content (AvgIpc) is 2.36. The van der Waals surface area contributed by atoms with Crippen molar-refractivity contribution in [2.45, 2.75) is 13.3 Å². The van der Waals surface area contributed by atoms with Crippen molar-refractivity contribution in [3.05, 3.63) is 24.0 Å².